The van der Waals surface area contributed by atoms with Crippen LogP contribution in [0.1, 0.15) is 40.0 Å². The van der Waals surface area contributed by atoms with E-state index in [4.69, 9.17) is 35.4 Å². The van der Waals surface area contributed by atoms with Crippen LogP contribution in [0.5, 0.6) is 0 Å². The van der Waals surface area contributed by atoms with Crippen molar-refractivity contribution in [2.75, 3.05) is 13.7 Å². The SMILES string of the molecule is CC(=O)O.CCC(=O)O.CCO.CO.O=C(O)C1(O)CC1.[NaH].[NaH].[NaH].[NaH]. The quantitative estimate of drug-likeness (QED) is 0.263. The second-order valence-corrected chi connectivity index (χ2v) is 3.42. The Kier molecular flexibility index (Phi) is 75.2. The minimum atomic E-state index is -1.33. The van der Waals surface area contributed by atoms with Crippen molar-refractivity contribution in [3.63, 3.8) is 0 Å². The molecule has 136 valence electrons. The number of carboxylic acid groups (broad SMARTS) is 3. The predicted octanol–water partition coefficient (Wildman–Crippen LogP) is -2.82. The summed E-state index contributed by atoms with van der Waals surface area (Å²) in [7, 11) is 1.00. The molecule has 0 amide bonds. The van der Waals surface area contributed by atoms with Crippen LogP contribution in [0.3, 0.4) is 0 Å². The first-order valence-corrected chi connectivity index (χ1v) is 6.00. The molecule has 0 saturated heterocycles. The van der Waals surface area contributed by atoms with E-state index >= 15 is 0 Å². The number of carboxylic acids is 3. The summed E-state index contributed by atoms with van der Waals surface area (Å²) in [6.45, 7) is 4.61. The number of aliphatic hydroxyl groups excluding tert-OH is 2. The molecule has 13 heteroatoms. The fourth-order valence-electron chi connectivity index (χ4n) is 0.332. The van der Waals surface area contributed by atoms with Gasteiger partial charge in [0.15, 0.2) is 5.60 Å². The van der Waals surface area contributed by atoms with Gasteiger partial charge < -0.3 is 30.6 Å². The van der Waals surface area contributed by atoms with Crippen LogP contribution >= 0.6 is 0 Å². The molecule has 0 heterocycles. The molecule has 1 saturated carbocycles. The van der Waals surface area contributed by atoms with Crippen molar-refractivity contribution in [3.05, 3.63) is 0 Å². The number of aliphatic carboxylic acids is 3. The third-order valence-corrected chi connectivity index (χ3v) is 1.42. The average Bonchev–Trinajstić information content (AvgIpc) is 3.12. The molecule has 1 aliphatic rings. The van der Waals surface area contributed by atoms with E-state index in [1.807, 2.05) is 0 Å². The molecule has 1 fully saturated rings. The van der Waals surface area contributed by atoms with Crippen LogP contribution in [0.2, 0.25) is 0 Å². The van der Waals surface area contributed by atoms with Crippen molar-refractivity contribution in [1.29, 1.82) is 0 Å². The van der Waals surface area contributed by atoms with E-state index < -0.39 is 23.5 Å². The molecule has 0 spiro atoms. The van der Waals surface area contributed by atoms with Crippen molar-refractivity contribution >= 4 is 136 Å². The van der Waals surface area contributed by atoms with Gasteiger partial charge in [-0.1, -0.05) is 6.92 Å². The molecule has 0 unspecified atom stereocenters. The van der Waals surface area contributed by atoms with Gasteiger partial charge in [-0.2, -0.15) is 0 Å². The molecule has 25 heavy (non-hydrogen) atoms. The number of rotatable bonds is 2. The van der Waals surface area contributed by atoms with E-state index in [0.29, 0.717) is 12.8 Å². The van der Waals surface area contributed by atoms with Crippen LogP contribution in [0, 0.1) is 0 Å². The minimum absolute atomic E-state index is 0. The first-order valence-electron chi connectivity index (χ1n) is 6.00. The Morgan fingerprint density at radius 1 is 0.880 bits per heavy atom. The Balaban J connectivity index is -0.0000000245. The number of carbonyl (C=O) groups is 3. The first-order chi connectivity index (χ1) is 9.57. The van der Waals surface area contributed by atoms with E-state index in [1.165, 1.54) is 0 Å². The molecular formula is C12H30Na4O9. The third kappa shape index (κ3) is 66.3. The molecular weight excluding hydrogens is 380 g/mol. The topological polar surface area (TPSA) is 173 Å². The molecule has 1 rings (SSSR count). The number of aliphatic hydroxyl groups is 3. The van der Waals surface area contributed by atoms with Crippen LogP contribution in [0.15, 0.2) is 0 Å². The van der Waals surface area contributed by atoms with Gasteiger partial charge in [0.25, 0.3) is 5.97 Å². The van der Waals surface area contributed by atoms with Crippen LogP contribution in [-0.4, -0.2) is 186 Å². The van der Waals surface area contributed by atoms with Gasteiger partial charge in [0.1, 0.15) is 0 Å². The summed E-state index contributed by atoms with van der Waals surface area (Å²) in [5, 5.41) is 46.4. The predicted molar refractivity (Wildman–Crippen MR) is 103 cm³/mol. The maximum atomic E-state index is 9.83. The van der Waals surface area contributed by atoms with Gasteiger partial charge in [-0.25, -0.2) is 4.79 Å². The van der Waals surface area contributed by atoms with Crippen molar-refractivity contribution in [2.24, 2.45) is 0 Å². The van der Waals surface area contributed by atoms with Gasteiger partial charge in [-0.05, 0) is 19.8 Å². The second-order valence-electron chi connectivity index (χ2n) is 3.42. The summed E-state index contributed by atoms with van der Waals surface area (Å²) >= 11 is 0. The van der Waals surface area contributed by atoms with Gasteiger partial charge in [0.2, 0.25) is 0 Å². The summed E-state index contributed by atoms with van der Waals surface area (Å²) in [5.74, 6) is -2.67. The van der Waals surface area contributed by atoms with Crippen LogP contribution in [-0.2, 0) is 14.4 Å². The molecule has 0 radical (unpaired) electrons. The van der Waals surface area contributed by atoms with E-state index in [2.05, 4.69) is 0 Å². The van der Waals surface area contributed by atoms with Gasteiger partial charge >= 0.3 is 130 Å². The fourth-order valence-corrected chi connectivity index (χ4v) is 0.332. The Hall–Kier alpha value is 2.29. The Morgan fingerprint density at radius 2 is 1.04 bits per heavy atom. The van der Waals surface area contributed by atoms with Crippen molar-refractivity contribution in [3.8, 4) is 0 Å². The van der Waals surface area contributed by atoms with Gasteiger partial charge in [-0.15, -0.1) is 0 Å². The molecule has 0 aromatic carbocycles. The number of hydrogen-bond acceptors (Lipinski definition) is 6. The van der Waals surface area contributed by atoms with E-state index in [-0.39, 0.29) is 131 Å². The van der Waals surface area contributed by atoms with Crippen molar-refractivity contribution < 1.29 is 45.0 Å². The zero-order valence-electron chi connectivity index (χ0n) is 12.7. The van der Waals surface area contributed by atoms with Crippen molar-refractivity contribution in [2.45, 2.75) is 45.6 Å². The number of hydrogen-bond donors (Lipinski definition) is 6. The molecule has 0 aliphatic heterocycles. The zero-order chi connectivity index (χ0) is 18.1. The summed E-state index contributed by atoms with van der Waals surface area (Å²) in [6.07, 6.45) is 1.06. The monoisotopic (exact) mass is 410 g/mol. The standard InChI is InChI=1S/C4H6O3.C3H6O2.C2H4O2.C2H6O.CH4O.4Na.4H/c5-3(6)4(7)1-2-4;1-2-3(4)5;1-2(3)4;1-2-3;1-2;;;;;;;;/h7H,1-2H2,(H,5,6);2H2,1H3,(H,4,5);1H3,(H,3,4);3H,2H2,1H3;2H,1H3;;;;;;;;. The summed E-state index contributed by atoms with van der Waals surface area (Å²) in [6, 6.07) is 0. The van der Waals surface area contributed by atoms with Crippen LogP contribution < -0.4 is 0 Å². The molecule has 6 N–H and O–H groups in total. The maximum absolute atomic E-state index is 9.83. The van der Waals surface area contributed by atoms with Gasteiger partial charge in [0.05, 0.1) is 0 Å². The van der Waals surface area contributed by atoms with E-state index in [0.717, 1.165) is 14.0 Å². The average molecular weight is 410 g/mol. The molecule has 0 atom stereocenters. The van der Waals surface area contributed by atoms with Gasteiger partial charge in [-0.3, -0.25) is 9.59 Å². The van der Waals surface area contributed by atoms with E-state index in [9.17, 15) is 9.59 Å². The van der Waals surface area contributed by atoms with Crippen LogP contribution in [0.4, 0.5) is 0 Å². The Morgan fingerprint density at radius 3 is 1.04 bits per heavy atom. The van der Waals surface area contributed by atoms with Crippen molar-refractivity contribution in [1.82, 2.24) is 0 Å². The molecule has 0 bridgehead atoms. The molecule has 0 aromatic rings. The molecule has 0 aromatic heterocycles. The summed E-state index contributed by atoms with van der Waals surface area (Å²) < 4.78 is 0. The Bertz CT molecular complexity index is 284. The second kappa shape index (κ2) is 37.1. The third-order valence-electron chi connectivity index (χ3n) is 1.42. The molecule has 9 nitrogen and oxygen atoms in total. The zero-order valence-corrected chi connectivity index (χ0v) is 12.7. The first kappa shape index (κ1) is 50.7. The van der Waals surface area contributed by atoms with Crippen LogP contribution in [0.25, 0.3) is 0 Å². The van der Waals surface area contributed by atoms with Gasteiger partial charge in [0, 0.05) is 27.1 Å². The van der Waals surface area contributed by atoms with E-state index in [1.54, 1.807) is 13.8 Å². The normalized spacial score (nSPS) is 10.2. The summed E-state index contributed by atoms with van der Waals surface area (Å²) in [5.41, 5.74) is -1.33. The fraction of sp³-hybridized carbons (Fsp3) is 0.750. The molecule has 1 aliphatic carbocycles. The Labute approximate surface area is 237 Å². The summed E-state index contributed by atoms with van der Waals surface area (Å²) in [4.78, 5) is 28.2.